The minimum Gasteiger partial charge on any atom is -0.382 e. The molecule has 174 valence electrons. The Hall–Kier alpha value is -4.08. The third kappa shape index (κ3) is 3.91. The van der Waals surface area contributed by atoms with Crippen molar-refractivity contribution >= 4 is 11.7 Å². The molecule has 1 amide bonds. The van der Waals surface area contributed by atoms with Crippen molar-refractivity contribution in [2.45, 2.75) is 38.6 Å². The van der Waals surface area contributed by atoms with Crippen molar-refractivity contribution < 1.29 is 9.32 Å². The number of nitrogens with two attached hydrogens (primary N) is 1. The SMILES string of the molecule is CNC(=O)Cn1cc(-c2nc(C(C)(c3ccc(-c4ncc(N)nc4C)cc3)C3CC3)no2)cn1. The van der Waals surface area contributed by atoms with Crippen LogP contribution in [0.25, 0.3) is 22.7 Å². The van der Waals surface area contributed by atoms with Gasteiger partial charge in [0.25, 0.3) is 5.89 Å². The van der Waals surface area contributed by atoms with Crippen molar-refractivity contribution in [1.29, 1.82) is 0 Å². The molecule has 3 heterocycles. The fourth-order valence-corrected chi connectivity index (χ4v) is 4.30. The maximum atomic E-state index is 11.6. The van der Waals surface area contributed by atoms with Crippen molar-refractivity contribution in [3.05, 3.63) is 59.9 Å². The average molecular weight is 459 g/mol. The number of amides is 1. The Morgan fingerprint density at radius 3 is 2.65 bits per heavy atom. The van der Waals surface area contributed by atoms with E-state index >= 15 is 0 Å². The van der Waals surface area contributed by atoms with Crippen LogP contribution in [-0.4, -0.2) is 42.8 Å². The third-order valence-corrected chi connectivity index (χ3v) is 6.47. The van der Waals surface area contributed by atoms with E-state index in [0.717, 1.165) is 35.4 Å². The Bertz CT molecular complexity index is 1340. The number of nitrogens with one attached hydrogen (secondary N) is 1. The van der Waals surface area contributed by atoms with Crippen LogP contribution in [-0.2, 0) is 16.8 Å². The molecule has 34 heavy (non-hydrogen) atoms. The largest absolute Gasteiger partial charge is 0.382 e. The van der Waals surface area contributed by atoms with Gasteiger partial charge in [-0.3, -0.25) is 14.5 Å². The Labute approximate surface area is 196 Å². The minimum absolute atomic E-state index is 0.126. The van der Waals surface area contributed by atoms with Crippen molar-refractivity contribution in [2.75, 3.05) is 12.8 Å². The van der Waals surface area contributed by atoms with E-state index in [0.29, 0.717) is 29.0 Å². The number of benzene rings is 1. The third-order valence-electron chi connectivity index (χ3n) is 6.47. The molecule has 0 saturated heterocycles. The van der Waals surface area contributed by atoms with E-state index in [1.54, 1.807) is 30.3 Å². The highest BCUT2D eigenvalue weighted by Gasteiger charge is 2.47. The predicted molar refractivity (Wildman–Crippen MR) is 125 cm³/mol. The van der Waals surface area contributed by atoms with Gasteiger partial charge in [0.2, 0.25) is 5.91 Å². The molecule has 1 saturated carbocycles. The van der Waals surface area contributed by atoms with Crippen molar-refractivity contribution in [3.63, 3.8) is 0 Å². The van der Waals surface area contributed by atoms with Gasteiger partial charge in [0.05, 0.1) is 34.8 Å². The first-order chi connectivity index (χ1) is 16.4. The summed E-state index contributed by atoms with van der Waals surface area (Å²) in [6.45, 7) is 4.19. The van der Waals surface area contributed by atoms with Crippen LogP contribution >= 0.6 is 0 Å². The van der Waals surface area contributed by atoms with Crippen LogP contribution in [0.3, 0.4) is 0 Å². The zero-order chi connectivity index (χ0) is 23.9. The molecule has 1 aliphatic rings. The number of aromatic nitrogens is 6. The summed E-state index contributed by atoms with van der Waals surface area (Å²) in [6, 6.07) is 8.30. The van der Waals surface area contributed by atoms with Gasteiger partial charge in [-0.1, -0.05) is 29.4 Å². The molecule has 3 N–H and O–H groups in total. The lowest BCUT2D eigenvalue weighted by atomic mass is 9.77. The van der Waals surface area contributed by atoms with Gasteiger partial charge < -0.3 is 15.6 Å². The summed E-state index contributed by atoms with van der Waals surface area (Å²) < 4.78 is 7.16. The van der Waals surface area contributed by atoms with Crippen LogP contribution in [0.15, 0.2) is 47.4 Å². The lowest BCUT2D eigenvalue weighted by Crippen LogP contribution is -2.28. The topological polar surface area (TPSA) is 138 Å². The average Bonchev–Trinajstić information content (AvgIpc) is 3.39. The van der Waals surface area contributed by atoms with E-state index in [2.05, 4.69) is 44.6 Å². The van der Waals surface area contributed by atoms with Gasteiger partial charge in [0, 0.05) is 18.8 Å². The lowest BCUT2D eigenvalue weighted by Gasteiger charge is -2.27. The van der Waals surface area contributed by atoms with E-state index in [9.17, 15) is 4.79 Å². The molecule has 4 aromatic rings. The fraction of sp³-hybridized carbons (Fsp3) is 0.333. The number of carbonyl (C=O) groups excluding carboxylic acids is 1. The highest BCUT2D eigenvalue weighted by molar-refractivity contribution is 5.75. The summed E-state index contributed by atoms with van der Waals surface area (Å²) in [6.07, 6.45) is 7.14. The van der Waals surface area contributed by atoms with E-state index in [1.165, 1.54) is 0 Å². The van der Waals surface area contributed by atoms with Gasteiger partial charge >= 0.3 is 0 Å². The first kappa shape index (κ1) is 21.7. The van der Waals surface area contributed by atoms with Gasteiger partial charge in [0.15, 0.2) is 5.82 Å². The number of anilines is 1. The molecule has 0 bridgehead atoms. The van der Waals surface area contributed by atoms with Gasteiger partial charge in [-0.05, 0) is 38.2 Å². The summed E-state index contributed by atoms with van der Waals surface area (Å²) >= 11 is 0. The van der Waals surface area contributed by atoms with Gasteiger partial charge in [-0.15, -0.1) is 0 Å². The van der Waals surface area contributed by atoms with Crippen LogP contribution in [0, 0.1) is 12.8 Å². The Balaban J connectivity index is 1.44. The molecule has 1 aliphatic carbocycles. The van der Waals surface area contributed by atoms with Crippen LogP contribution in [0.4, 0.5) is 5.82 Å². The summed E-state index contributed by atoms with van der Waals surface area (Å²) in [4.78, 5) is 25.1. The van der Waals surface area contributed by atoms with Crippen molar-refractivity contribution in [3.8, 4) is 22.7 Å². The van der Waals surface area contributed by atoms with Crippen LogP contribution in [0.5, 0.6) is 0 Å². The number of carbonyl (C=O) groups is 1. The predicted octanol–water partition coefficient (Wildman–Crippen LogP) is 2.74. The highest BCUT2D eigenvalue weighted by Crippen LogP contribution is 2.50. The number of rotatable bonds is 7. The minimum atomic E-state index is -0.389. The second kappa shape index (κ2) is 8.36. The summed E-state index contributed by atoms with van der Waals surface area (Å²) in [7, 11) is 1.59. The summed E-state index contributed by atoms with van der Waals surface area (Å²) in [5, 5.41) is 11.2. The molecule has 0 radical (unpaired) electrons. The molecule has 1 fully saturated rings. The number of nitrogens with zero attached hydrogens (tertiary/aromatic N) is 6. The number of hydrogen-bond donors (Lipinski definition) is 2. The molecule has 1 aromatic carbocycles. The molecule has 1 unspecified atom stereocenters. The van der Waals surface area contributed by atoms with Gasteiger partial charge in [-0.2, -0.15) is 10.1 Å². The van der Waals surface area contributed by atoms with Crippen molar-refractivity contribution in [2.24, 2.45) is 5.92 Å². The fourth-order valence-electron chi connectivity index (χ4n) is 4.30. The normalized spacial score (nSPS) is 15.1. The number of likely N-dealkylation sites (N-methyl/N-ethyl adjacent to an activating group) is 1. The number of hydrogen-bond acceptors (Lipinski definition) is 8. The maximum absolute atomic E-state index is 11.6. The molecule has 10 nitrogen and oxygen atoms in total. The highest BCUT2D eigenvalue weighted by atomic mass is 16.5. The number of aryl methyl sites for hydroxylation is 1. The van der Waals surface area contributed by atoms with Crippen LogP contribution in [0.1, 0.15) is 36.8 Å². The van der Waals surface area contributed by atoms with Gasteiger partial charge in [-0.25, -0.2) is 4.98 Å². The quantitative estimate of drug-likeness (QED) is 0.431. The molecule has 3 aromatic heterocycles. The molecule has 1 atom stereocenters. The van der Waals surface area contributed by atoms with E-state index < -0.39 is 0 Å². The Morgan fingerprint density at radius 1 is 1.21 bits per heavy atom. The van der Waals surface area contributed by atoms with Gasteiger partial charge in [0.1, 0.15) is 12.4 Å². The molecule has 0 aliphatic heterocycles. The molecular weight excluding hydrogens is 432 g/mol. The number of nitrogen functional groups attached to an aromatic ring is 1. The van der Waals surface area contributed by atoms with Crippen LogP contribution < -0.4 is 11.1 Å². The molecule has 10 heteroatoms. The smallest absolute Gasteiger partial charge is 0.261 e. The first-order valence-electron chi connectivity index (χ1n) is 11.2. The van der Waals surface area contributed by atoms with E-state index in [1.807, 2.05) is 19.1 Å². The monoisotopic (exact) mass is 458 g/mol. The molecule has 0 spiro atoms. The summed E-state index contributed by atoms with van der Waals surface area (Å²) in [5.74, 6) is 1.73. The Morgan fingerprint density at radius 2 is 1.97 bits per heavy atom. The zero-order valence-electron chi connectivity index (χ0n) is 19.3. The standard InChI is InChI=1S/C24H26N8O2/c1-14-21(27-11-19(25)29-14)15-4-6-17(7-5-15)24(2,18-8-9-18)23-30-22(34-31-23)16-10-28-32(12-16)13-20(33)26-3/h4-7,10-12,18H,8-9,13H2,1-3H3,(H2,25,29)(H,26,33). The van der Waals surface area contributed by atoms with E-state index in [-0.39, 0.29) is 17.9 Å². The Kier molecular flexibility index (Phi) is 5.35. The summed E-state index contributed by atoms with van der Waals surface area (Å²) in [5.41, 5.74) is 9.72. The maximum Gasteiger partial charge on any atom is 0.261 e. The second-order valence-corrected chi connectivity index (χ2v) is 8.81. The second-order valence-electron chi connectivity index (χ2n) is 8.81. The lowest BCUT2D eigenvalue weighted by molar-refractivity contribution is -0.121. The zero-order valence-corrected chi connectivity index (χ0v) is 19.3. The van der Waals surface area contributed by atoms with E-state index in [4.69, 9.17) is 15.2 Å². The van der Waals surface area contributed by atoms with Crippen molar-refractivity contribution in [1.82, 2.24) is 35.2 Å². The first-order valence-corrected chi connectivity index (χ1v) is 11.2. The van der Waals surface area contributed by atoms with Crippen LogP contribution in [0.2, 0.25) is 0 Å². The molecular formula is C24H26N8O2. The molecule has 5 rings (SSSR count).